The van der Waals surface area contributed by atoms with Crippen molar-refractivity contribution in [1.29, 1.82) is 0 Å². The molecule has 16 heavy (non-hydrogen) atoms. The SMILES string of the molecule is CC1=C(CCC(C)C=O)C(C)(C)C(C)CC1. The largest absolute Gasteiger partial charge is 0.303 e. The van der Waals surface area contributed by atoms with Crippen LogP contribution in [0, 0.1) is 17.3 Å². The van der Waals surface area contributed by atoms with Gasteiger partial charge in [0.15, 0.2) is 0 Å². The molecule has 0 saturated carbocycles. The molecule has 1 heteroatoms. The second kappa shape index (κ2) is 5.16. The maximum absolute atomic E-state index is 10.7. The van der Waals surface area contributed by atoms with E-state index >= 15 is 0 Å². The van der Waals surface area contributed by atoms with E-state index in [4.69, 9.17) is 0 Å². The summed E-state index contributed by atoms with van der Waals surface area (Å²) in [5, 5.41) is 0. The van der Waals surface area contributed by atoms with Crippen molar-refractivity contribution in [3.63, 3.8) is 0 Å². The number of rotatable bonds is 4. The Bertz CT molecular complexity index is 286. The molecule has 0 spiro atoms. The van der Waals surface area contributed by atoms with Crippen LogP contribution in [0.15, 0.2) is 11.1 Å². The maximum atomic E-state index is 10.7. The molecule has 0 N–H and O–H groups in total. The number of hydrogen-bond acceptors (Lipinski definition) is 1. The van der Waals surface area contributed by atoms with Crippen LogP contribution in [0.1, 0.15) is 60.3 Å². The summed E-state index contributed by atoms with van der Waals surface area (Å²) in [5.41, 5.74) is 3.51. The lowest BCUT2D eigenvalue weighted by molar-refractivity contribution is -0.110. The molecule has 0 aromatic carbocycles. The van der Waals surface area contributed by atoms with Gasteiger partial charge in [-0.2, -0.15) is 0 Å². The molecule has 2 atom stereocenters. The van der Waals surface area contributed by atoms with Gasteiger partial charge in [-0.3, -0.25) is 0 Å². The van der Waals surface area contributed by atoms with Gasteiger partial charge in [-0.15, -0.1) is 0 Å². The average molecular weight is 222 g/mol. The third-order valence-electron chi connectivity index (χ3n) is 4.56. The lowest BCUT2D eigenvalue weighted by Gasteiger charge is -2.40. The molecule has 1 nitrogen and oxygen atoms in total. The van der Waals surface area contributed by atoms with Gasteiger partial charge in [-0.25, -0.2) is 0 Å². The first kappa shape index (κ1) is 13.5. The summed E-state index contributed by atoms with van der Waals surface area (Å²) < 4.78 is 0. The Hall–Kier alpha value is -0.590. The van der Waals surface area contributed by atoms with Gasteiger partial charge < -0.3 is 4.79 Å². The fourth-order valence-electron chi connectivity index (χ4n) is 2.77. The van der Waals surface area contributed by atoms with Crippen molar-refractivity contribution in [2.45, 2.75) is 60.3 Å². The van der Waals surface area contributed by atoms with E-state index in [1.54, 1.807) is 11.1 Å². The second-order valence-corrected chi connectivity index (χ2v) is 6.07. The summed E-state index contributed by atoms with van der Waals surface area (Å²) in [6.45, 7) is 11.4. The molecular weight excluding hydrogens is 196 g/mol. The molecule has 0 aliphatic heterocycles. The molecule has 0 heterocycles. The highest BCUT2D eigenvalue weighted by Crippen LogP contribution is 2.46. The third kappa shape index (κ3) is 2.75. The fourth-order valence-corrected chi connectivity index (χ4v) is 2.77. The Kier molecular flexibility index (Phi) is 4.35. The van der Waals surface area contributed by atoms with E-state index in [9.17, 15) is 4.79 Å². The molecular formula is C15H26O. The van der Waals surface area contributed by atoms with E-state index in [0.717, 1.165) is 25.0 Å². The van der Waals surface area contributed by atoms with Crippen LogP contribution in [0.5, 0.6) is 0 Å². The average Bonchev–Trinajstić information content (AvgIpc) is 2.23. The van der Waals surface area contributed by atoms with E-state index in [0.29, 0.717) is 5.41 Å². The Labute approximate surface area is 100 Å². The minimum Gasteiger partial charge on any atom is -0.303 e. The van der Waals surface area contributed by atoms with Crippen LogP contribution < -0.4 is 0 Å². The van der Waals surface area contributed by atoms with Crippen LogP contribution in [0.25, 0.3) is 0 Å². The Morgan fingerprint density at radius 2 is 2.12 bits per heavy atom. The second-order valence-electron chi connectivity index (χ2n) is 6.07. The first-order valence-corrected chi connectivity index (χ1v) is 6.54. The zero-order valence-corrected chi connectivity index (χ0v) is 11.5. The van der Waals surface area contributed by atoms with Gasteiger partial charge in [0.05, 0.1) is 0 Å². The molecule has 0 amide bonds. The number of carbonyl (C=O) groups is 1. The topological polar surface area (TPSA) is 17.1 Å². The van der Waals surface area contributed by atoms with Crippen LogP contribution in [0.3, 0.4) is 0 Å². The summed E-state index contributed by atoms with van der Waals surface area (Å²) in [4.78, 5) is 10.7. The minimum atomic E-state index is 0.202. The van der Waals surface area contributed by atoms with Crippen molar-refractivity contribution in [3.8, 4) is 0 Å². The molecule has 0 aromatic heterocycles. The van der Waals surface area contributed by atoms with E-state index in [1.165, 1.54) is 12.8 Å². The molecule has 0 saturated heterocycles. The Morgan fingerprint density at radius 1 is 1.50 bits per heavy atom. The van der Waals surface area contributed by atoms with Crippen molar-refractivity contribution < 1.29 is 4.79 Å². The zero-order chi connectivity index (χ0) is 12.3. The highest BCUT2D eigenvalue weighted by molar-refractivity contribution is 5.52. The molecule has 1 aliphatic carbocycles. The number of carbonyl (C=O) groups excluding carboxylic acids is 1. The van der Waals surface area contributed by atoms with Crippen molar-refractivity contribution in [2.24, 2.45) is 17.3 Å². The fraction of sp³-hybridized carbons (Fsp3) is 0.800. The quantitative estimate of drug-likeness (QED) is 0.510. The predicted octanol–water partition coefficient (Wildman–Crippen LogP) is 4.37. The van der Waals surface area contributed by atoms with Gasteiger partial charge in [-0.05, 0) is 43.9 Å². The van der Waals surface area contributed by atoms with Crippen LogP contribution in [-0.4, -0.2) is 6.29 Å². The van der Waals surface area contributed by atoms with E-state index in [1.807, 2.05) is 6.92 Å². The first-order chi connectivity index (χ1) is 7.39. The van der Waals surface area contributed by atoms with Crippen molar-refractivity contribution >= 4 is 6.29 Å². The first-order valence-electron chi connectivity index (χ1n) is 6.54. The van der Waals surface area contributed by atoms with Gasteiger partial charge in [0.2, 0.25) is 0 Å². The standard InChI is InChI=1S/C15H26O/c1-11(10-16)6-9-14-12(2)7-8-13(3)15(14,4)5/h10-11,13H,6-9H2,1-5H3. The van der Waals surface area contributed by atoms with Crippen molar-refractivity contribution in [1.82, 2.24) is 0 Å². The summed E-state index contributed by atoms with van der Waals surface area (Å²) in [6, 6.07) is 0. The van der Waals surface area contributed by atoms with Crippen molar-refractivity contribution in [3.05, 3.63) is 11.1 Å². The molecule has 2 unspecified atom stereocenters. The number of allylic oxidation sites excluding steroid dienone is 2. The number of aldehydes is 1. The molecule has 92 valence electrons. The monoisotopic (exact) mass is 222 g/mol. The van der Waals surface area contributed by atoms with Gasteiger partial charge >= 0.3 is 0 Å². The molecule has 0 radical (unpaired) electrons. The van der Waals surface area contributed by atoms with Crippen LogP contribution in [0.4, 0.5) is 0 Å². The normalized spacial score (nSPS) is 26.7. The highest BCUT2D eigenvalue weighted by Gasteiger charge is 2.34. The van der Waals surface area contributed by atoms with Gasteiger partial charge in [0.1, 0.15) is 6.29 Å². The van der Waals surface area contributed by atoms with E-state index in [2.05, 4.69) is 27.7 Å². The lowest BCUT2D eigenvalue weighted by Crippen LogP contribution is -2.29. The molecule has 0 fully saturated rings. The molecule has 1 aliphatic rings. The summed E-state index contributed by atoms with van der Waals surface area (Å²) in [5.74, 6) is 0.964. The van der Waals surface area contributed by atoms with E-state index in [-0.39, 0.29) is 5.92 Å². The van der Waals surface area contributed by atoms with Crippen LogP contribution in [0.2, 0.25) is 0 Å². The zero-order valence-electron chi connectivity index (χ0n) is 11.5. The Balaban J connectivity index is 2.78. The molecule has 0 bridgehead atoms. The third-order valence-corrected chi connectivity index (χ3v) is 4.56. The maximum Gasteiger partial charge on any atom is 0.122 e. The van der Waals surface area contributed by atoms with Gasteiger partial charge in [-0.1, -0.05) is 38.8 Å². The van der Waals surface area contributed by atoms with Gasteiger partial charge in [0.25, 0.3) is 0 Å². The minimum absolute atomic E-state index is 0.202. The van der Waals surface area contributed by atoms with E-state index < -0.39 is 0 Å². The Morgan fingerprint density at radius 3 is 2.69 bits per heavy atom. The highest BCUT2D eigenvalue weighted by atomic mass is 16.1. The van der Waals surface area contributed by atoms with Gasteiger partial charge in [0, 0.05) is 5.92 Å². The summed E-state index contributed by atoms with van der Waals surface area (Å²) >= 11 is 0. The van der Waals surface area contributed by atoms with Crippen LogP contribution >= 0.6 is 0 Å². The molecule has 0 aromatic rings. The smallest absolute Gasteiger partial charge is 0.122 e. The lowest BCUT2D eigenvalue weighted by atomic mass is 9.65. The molecule has 1 rings (SSSR count). The summed E-state index contributed by atoms with van der Waals surface area (Å²) in [7, 11) is 0. The number of hydrogen-bond donors (Lipinski definition) is 0. The summed E-state index contributed by atoms with van der Waals surface area (Å²) in [6.07, 6.45) is 5.74. The van der Waals surface area contributed by atoms with Crippen LogP contribution in [-0.2, 0) is 4.79 Å². The van der Waals surface area contributed by atoms with Crippen molar-refractivity contribution in [2.75, 3.05) is 0 Å². The predicted molar refractivity (Wildman–Crippen MR) is 69.3 cm³/mol.